The van der Waals surface area contributed by atoms with E-state index >= 15 is 0 Å². The van der Waals surface area contributed by atoms with Crippen LogP contribution in [0.25, 0.3) is 0 Å². The van der Waals surface area contributed by atoms with E-state index in [4.69, 9.17) is 16.3 Å². The predicted molar refractivity (Wildman–Crippen MR) is 81.6 cm³/mol. The van der Waals surface area contributed by atoms with Crippen LogP contribution in [0.1, 0.15) is 12.7 Å². The summed E-state index contributed by atoms with van der Waals surface area (Å²) in [7, 11) is 1.56. The highest BCUT2D eigenvalue weighted by molar-refractivity contribution is 6.31. The number of hydrogen-bond acceptors (Lipinski definition) is 5. The van der Waals surface area contributed by atoms with Gasteiger partial charge in [-0.15, -0.1) is 0 Å². The molecule has 1 heterocycles. The topological polar surface area (TPSA) is 59.1 Å². The molecule has 0 bridgehead atoms. The lowest BCUT2D eigenvalue weighted by molar-refractivity contribution is 0.178. The highest BCUT2D eigenvalue weighted by atomic mass is 35.5. The zero-order valence-corrected chi connectivity index (χ0v) is 12.5. The summed E-state index contributed by atoms with van der Waals surface area (Å²) in [5.74, 6) is 1.09. The molecule has 7 heteroatoms. The Hall–Kier alpha value is -1.92. The Balaban J connectivity index is 2.31. The Kier molecular flexibility index (Phi) is 5.30. The van der Waals surface area contributed by atoms with Crippen LogP contribution < -0.4 is 10.6 Å². The number of nitrogens with zero attached hydrogens (tertiary/aromatic N) is 2. The minimum absolute atomic E-state index is 0.0538. The smallest absolute Gasteiger partial charge is 0.165 e. The summed E-state index contributed by atoms with van der Waals surface area (Å²) in [6.45, 7) is 2.95. The molecule has 0 spiro atoms. The first-order chi connectivity index (χ1) is 10.1. The second kappa shape index (κ2) is 7.19. The number of hydrogen-bond donors (Lipinski definition) is 2. The summed E-state index contributed by atoms with van der Waals surface area (Å²) in [5.41, 5.74) is 0.256. The Morgan fingerprint density at radius 2 is 2.05 bits per heavy atom. The lowest BCUT2D eigenvalue weighted by atomic mass is 10.3. The maximum atomic E-state index is 13.9. The molecular formula is C14H16ClFN4O. The van der Waals surface area contributed by atoms with Crippen LogP contribution in [0.15, 0.2) is 24.3 Å². The van der Waals surface area contributed by atoms with Crippen molar-refractivity contribution in [3.8, 4) is 0 Å². The van der Waals surface area contributed by atoms with Gasteiger partial charge in [-0.2, -0.15) is 0 Å². The first kappa shape index (κ1) is 15.5. The highest BCUT2D eigenvalue weighted by Crippen LogP contribution is 2.25. The molecule has 1 aromatic carbocycles. The van der Waals surface area contributed by atoms with Crippen molar-refractivity contribution < 1.29 is 9.13 Å². The monoisotopic (exact) mass is 310 g/mol. The number of ether oxygens (including phenoxy) is 1. The van der Waals surface area contributed by atoms with E-state index in [1.165, 1.54) is 6.07 Å². The number of nitrogens with one attached hydrogen (secondary N) is 2. The van der Waals surface area contributed by atoms with E-state index in [-0.39, 0.29) is 17.3 Å². The first-order valence-electron chi connectivity index (χ1n) is 6.45. The Morgan fingerprint density at radius 3 is 2.76 bits per heavy atom. The average Bonchev–Trinajstić information content (AvgIpc) is 2.44. The van der Waals surface area contributed by atoms with Gasteiger partial charge in [0.05, 0.1) is 10.7 Å². The Labute approximate surface area is 127 Å². The van der Waals surface area contributed by atoms with Gasteiger partial charge in [0.1, 0.15) is 18.2 Å². The number of methoxy groups -OCH3 is 1. The van der Waals surface area contributed by atoms with Crippen molar-refractivity contribution in [2.75, 3.05) is 24.3 Å². The van der Waals surface area contributed by atoms with Crippen LogP contribution in [0.3, 0.4) is 0 Å². The van der Waals surface area contributed by atoms with E-state index in [2.05, 4.69) is 20.6 Å². The number of benzene rings is 1. The fourth-order valence-electron chi connectivity index (χ4n) is 1.76. The fraction of sp³-hybridized carbons (Fsp3) is 0.286. The third-order valence-electron chi connectivity index (χ3n) is 2.62. The minimum Gasteiger partial charge on any atom is -0.377 e. The molecule has 2 rings (SSSR count). The second-order valence-electron chi connectivity index (χ2n) is 4.24. The molecule has 0 unspecified atom stereocenters. The predicted octanol–water partition coefficient (Wildman–Crippen LogP) is 3.59. The standard InChI is InChI=1S/C14H16ClFN4O/c1-3-17-11-7-12(20-13(19-11)8-21-2)18-10-6-4-5-9(15)14(10)16/h4-7H,3,8H2,1-2H3,(H2,17,18,19,20). The zero-order chi connectivity index (χ0) is 15.2. The van der Waals surface area contributed by atoms with E-state index in [0.717, 1.165) is 0 Å². The van der Waals surface area contributed by atoms with Crippen LogP contribution in [0, 0.1) is 5.82 Å². The van der Waals surface area contributed by atoms with Crippen LogP contribution in [0.4, 0.5) is 21.7 Å². The van der Waals surface area contributed by atoms with Gasteiger partial charge in [-0.25, -0.2) is 14.4 Å². The highest BCUT2D eigenvalue weighted by Gasteiger charge is 2.09. The van der Waals surface area contributed by atoms with E-state index in [1.807, 2.05) is 6.92 Å². The summed E-state index contributed by atoms with van der Waals surface area (Å²) in [6.07, 6.45) is 0. The molecular weight excluding hydrogens is 295 g/mol. The van der Waals surface area contributed by atoms with Gasteiger partial charge in [0.15, 0.2) is 11.6 Å². The van der Waals surface area contributed by atoms with Crippen molar-refractivity contribution in [3.05, 3.63) is 40.9 Å². The Bertz CT molecular complexity index is 600. The van der Waals surface area contributed by atoms with E-state index < -0.39 is 5.82 Å². The van der Waals surface area contributed by atoms with Crippen molar-refractivity contribution in [3.63, 3.8) is 0 Å². The maximum absolute atomic E-state index is 13.9. The molecule has 0 saturated carbocycles. The van der Waals surface area contributed by atoms with Crippen LogP contribution in [0.5, 0.6) is 0 Å². The van der Waals surface area contributed by atoms with Gasteiger partial charge in [-0.3, -0.25) is 0 Å². The van der Waals surface area contributed by atoms with Crippen molar-refractivity contribution in [1.82, 2.24) is 9.97 Å². The first-order valence-corrected chi connectivity index (χ1v) is 6.83. The lowest BCUT2D eigenvalue weighted by Crippen LogP contribution is -2.07. The molecule has 0 aliphatic heterocycles. The van der Waals surface area contributed by atoms with E-state index in [1.54, 1.807) is 25.3 Å². The number of halogens is 2. The van der Waals surface area contributed by atoms with Crippen molar-refractivity contribution >= 4 is 28.9 Å². The van der Waals surface area contributed by atoms with E-state index in [9.17, 15) is 4.39 Å². The van der Waals surface area contributed by atoms with Gasteiger partial charge < -0.3 is 15.4 Å². The van der Waals surface area contributed by atoms with Gasteiger partial charge in [-0.1, -0.05) is 17.7 Å². The molecule has 5 nitrogen and oxygen atoms in total. The lowest BCUT2D eigenvalue weighted by Gasteiger charge is -2.11. The SMILES string of the molecule is CCNc1cc(Nc2cccc(Cl)c2F)nc(COC)n1. The summed E-state index contributed by atoms with van der Waals surface area (Å²) in [6, 6.07) is 6.44. The van der Waals surface area contributed by atoms with Gasteiger partial charge in [0.25, 0.3) is 0 Å². The van der Waals surface area contributed by atoms with Crippen LogP contribution >= 0.6 is 11.6 Å². The largest absolute Gasteiger partial charge is 0.377 e. The molecule has 112 valence electrons. The molecule has 1 aromatic heterocycles. The summed E-state index contributed by atoms with van der Waals surface area (Å²) in [5, 5.41) is 6.05. The third-order valence-corrected chi connectivity index (χ3v) is 2.91. The molecule has 0 atom stereocenters. The zero-order valence-electron chi connectivity index (χ0n) is 11.8. The van der Waals surface area contributed by atoms with E-state index in [0.29, 0.717) is 24.0 Å². The summed E-state index contributed by atoms with van der Waals surface area (Å²) in [4.78, 5) is 8.56. The number of anilines is 3. The third kappa shape index (κ3) is 4.03. The molecule has 0 fully saturated rings. The van der Waals surface area contributed by atoms with Crippen molar-refractivity contribution in [1.29, 1.82) is 0 Å². The van der Waals surface area contributed by atoms with Gasteiger partial charge in [0, 0.05) is 19.7 Å². The minimum atomic E-state index is -0.518. The fourth-order valence-corrected chi connectivity index (χ4v) is 1.94. The quantitative estimate of drug-likeness (QED) is 0.854. The molecule has 0 amide bonds. The molecule has 0 saturated heterocycles. The van der Waals surface area contributed by atoms with Crippen LogP contribution in [0.2, 0.25) is 5.02 Å². The molecule has 2 N–H and O–H groups in total. The molecule has 0 aliphatic carbocycles. The normalized spacial score (nSPS) is 10.5. The number of aromatic nitrogens is 2. The summed E-state index contributed by atoms with van der Waals surface area (Å²) < 4.78 is 18.9. The van der Waals surface area contributed by atoms with Crippen molar-refractivity contribution in [2.24, 2.45) is 0 Å². The molecule has 0 radical (unpaired) electrons. The van der Waals surface area contributed by atoms with Crippen molar-refractivity contribution in [2.45, 2.75) is 13.5 Å². The summed E-state index contributed by atoms with van der Waals surface area (Å²) >= 11 is 5.76. The average molecular weight is 311 g/mol. The Morgan fingerprint density at radius 1 is 1.29 bits per heavy atom. The maximum Gasteiger partial charge on any atom is 0.165 e. The van der Waals surface area contributed by atoms with Gasteiger partial charge in [0.2, 0.25) is 0 Å². The van der Waals surface area contributed by atoms with Gasteiger partial charge >= 0.3 is 0 Å². The van der Waals surface area contributed by atoms with Crippen LogP contribution in [-0.4, -0.2) is 23.6 Å². The molecule has 2 aromatic rings. The molecule has 21 heavy (non-hydrogen) atoms. The van der Waals surface area contributed by atoms with Gasteiger partial charge in [-0.05, 0) is 19.1 Å². The number of rotatable bonds is 6. The second-order valence-corrected chi connectivity index (χ2v) is 4.65. The van der Waals surface area contributed by atoms with Crippen LogP contribution in [-0.2, 0) is 11.3 Å². The molecule has 0 aliphatic rings.